The molecule has 0 fully saturated rings. The summed E-state index contributed by atoms with van der Waals surface area (Å²) >= 11 is 0. The van der Waals surface area contributed by atoms with Crippen LogP contribution >= 0.6 is 7.94 Å². The summed E-state index contributed by atoms with van der Waals surface area (Å²) in [5, 5.41) is 0.420. The maximum absolute atomic E-state index is 11.0. The molecule has 0 saturated heterocycles. The molecule has 160 valence electrons. The van der Waals surface area contributed by atoms with Crippen LogP contribution in [0.1, 0.15) is 52.7 Å². The standard InChI is InChI=1S/C26H33O3P/c1-25(2,3)21-15-16-24(23(18-21)26(4,5)6)29-30(27,28)22-14-10-13-20(17-22)19-11-8-7-9-12-19/h7-18,27-28,30H,1-6H3. The summed E-state index contributed by atoms with van der Waals surface area (Å²) in [5.41, 5.74) is 3.90. The molecule has 0 aliphatic heterocycles. The van der Waals surface area contributed by atoms with E-state index in [-0.39, 0.29) is 10.8 Å². The molecule has 0 aromatic heterocycles. The Hall–Kier alpha value is -2.19. The third-order valence-electron chi connectivity index (χ3n) is 5.25. The first-order valence-corrected chi connectivity index (χ1v) is 12.1. The Morgan fingerprint density at radius 1 is 0.667 bits per heavy atom. The monoisotopic (exact) mass is 424 g/mol. The zero-order valence-corrected chi connectivity index (χ0v) is 19.7. The van der Waals surface area contributed by atoms with Gasteiger partial charge in [-0.15, -0.1) is 0 Å². The van der Waals surface area contributed by atoms with E-state index in [9.17, 15) is 9.79 Å². The van der Waals surface area contributed by atoms with Gasteiger partial charge >= 0.3 is 181 Å². The summed E-state index contributed by atoms with van der Waals surface area (Å²) in [6.45, 7) is 12.8. The molecule has 0 unspecified atom stereocenters. The second-order valence-electron chi connectivity index (χ2n) is 9.87. The van der Waals surface area contributed by atoms with Crippen LogP contribution in [-0.2, 0) is 10.8 Å². The normalized spacial score (nSPS) is 13.2. The predicted molar refractivity (Wildman–Crippen MR) is 129 cm³/mol. The topological polar surface area (TPSA) is 49.7 Å². The van der Waals surface area contributed by atoms with Gasteiger partial charge in [0.2, 0.25) is 0 Å². The summed E-state index contributed by atoms with van der Waals surface area (Å²) < 4.78 is 5.95. The van der Waals surface area contributed by atoms with Crippen LogP contribution in [-0.4, -0.2) is 9.79 Å². The Labute approximate surface area is 181 Å². The Bertz CT molecular complexity index is 1010. The first kappa shape index (κ1) is 22.5. The van der Waals surface area contributed by atoms with E-state index >= 15 is 0 Å². The van der Waals surface area contributed by atoms with Gasteiger partial charge in [-0.3, -0.25) is 0 Å². The van der Waals surface area contributed by atoms with Gasteiger partial charge in [-0.05, 0) is 0 Å². The molecule has 0 atom stereocenters. The van der Waals surface area contributed by atoms with Crippen molar-refractivity contribution in [1.82, 2.24) is 0 Å². The van der Waals surface area contributed by atoms with Gasteiger partial charge in [0.15, 0.2) is 0 Å². The Kier molecular flexibility index (Phi) is 6.11. The predicted octanol–water partition coefficient (Wildman–Crippen LogP) is 6.13. The number of rotatable bonds is 4. The average molecular weight is 425 g/mol. The van der Waals surface area contributed by atoms with E-state index < -0.39 is 7.94 Å². The molecule has 0 aliphatic carbocycles. The van der Waals surface area contributed by atoms with Crippen LogP contribution in [0.2, 0.25) is 0 Å². The fraction of sp³-hybridized carbons (Fsp3) is 0.308. The van der Waals surface area contributed by atoms with E-state index in [2.05, 4.69) is 47.6 Å². The van der Waals surface area contributed by atoms with Crippen molar-refractivity contribution in [1.29, 1.82) is 0 Å². The van der Waals surface area contributed by atoms with Crippen molar-refractivity contribution in [2.45, 2.75) is 52.4 Å². The van der Waals surface area contributed by atoms with Gasteiger partial charge in [-0.1, -0.05) is 0 Å². The summed E-state index contributed by atoms with van der Waals surface area (Å²) in [7, 11) is -4.16. The van der Waals surface area contributed by atoms with Crippen molar-refractivity contribution < 1.29 is 14.3 Å². The summed E-state index contributed by atoms with van der Waals surface area (Å²) in [5.74, 6) is 0.525. The van der Waals surface area contributed by atoms with Crippen molar-refractivity contribution in [3.63, 3.8) is 0 Å². The van der Waals surface area contributed by atoms with Gasteiger partial charge in [0.05, 0.1) is 0 Å². The first-order chi connectivity index (χ1) is 13.9. The van der Waals surface area contributed by atoms with Gasteiger partial charge in [-0.2, -0.15) is 0 Å². The molecule has 0 aliphatic rings. The molecular weight excluding hydrogens is 391 g/mol. The van der Waals surface area contributed by atoms with Crippen LogP contribution in [0.3, 0.4) is 0 Å². The second-order valence-corrected chi connectivity index (χ2v) is 11.9. The zero-order chi connectivity index (χ0) is 22.2. The van der Waals surface area contributed by atoms with Crippen LogP contribution in [0.15, 0.2) is 72.8 Å². The van der Waals surface area contributed by atoms with Crippen molar-refractivity contribution >= 4 is 13.2 Å². The maximum atomic E-state index is 11.0. The first-order valence-electron chi connectivity index (χ1n) is 10.3. The van der Waals surface area contributed by atoms with E-state index in [0.717, 1.165) is 16.7 Å². The van der Waals surface area contributed by atoms with Crippen LogP contribution < -0.4 is 9.83 Å². The molecule has 30 heavy (non-hydrogen) atoms. The van der Waals surface area contributed by atoms with Crippen LogP contribution in [0.25, 0.3) is 11.1 Å². The van der Waals surface area contributed by atoms with Crippen molar-refractivity contribution in [3.05, 3.63) is 83.9 Å². The minimum atomic E-state index is -4.16. The van der Waals surface area contributed by atoms with E-state index in [0.29, 0.717) is 11.1 Å². The SMILES string of the molecule is CC(C)(C)c1ccc(O[PH](O)(O)c2cccc(-c3ccccc3)c2)c(C(C)(C)C)c1. The Morgan fingerprint density at radius 2 is 1.30 bits per heavy atom. The summed E-state index contributed by atoms with van der Waals surface area (Å²) in [6, 6.07) is 23.2. The van der Waals surface area contributed by atoms with Crippen molar-refractivity contribution in [3.8, 4) is 16.9 Å². The van der Waals surface area contributed by atoms with E-state index in [1.165, 1.54) is 5.56 Å². The van der Waals surface area contributed by atoms with Gasteiger partial charge in [0, 0.05) is 0 Å². The van der Waals surface area contributed by atoms with Gasteiger partial charge in [0.1, 0.15) is 0 Å². The fourth-order valence-corrected chi connectivity index (χ4v) is 4.68. The molecule has 0 heterocycles. The molecule has 3 aromatic rings. The number of hydrogen-bond donors (Lipinski definition) is 2. The van der Waals surface area contributed by atoms with Crippen molar-refractivity contribution in [2.24, 2.45) is 0 Å². The number of benzene rings is 3. The molecule has 4 heteroatoms. The molecule has 3 nitrogen and oxygen atoms in total. The van der Waals surface area contributed by atoms with E-state index in [1.54, 1.807) is 6.07 Å². The minimum absolute atomic E-state index is 0.00447. The van der Waals surface area contributed by atoms with Crippen molar-refractivity contribution in [2.75, 3.05) is 0 Å². The van der Waals surface area contributed by atoms with E-state index in [1.807, 2.05) is 60.7 Å². The third-order valence-corrected chi connectivity index (χ3v) is 6.82. The zero-order valence-electron chi connectivity index (χ0n) is 18.7. The van der Waals surface area contributed by atoms with Gasteiger partial charge < -0.3 is 0 Å². The summed E-state index contributed by atoms with van der Waals surface area (Å²) in [4.78, 5) is 22.0. The average Bonchev–Trinajstić information content (AvgIpc) is 2.67. The third kappa shape index (κ3) is 5.10. The molecule has 0 bridgehead atoms. The molecule has 3 aromatic carbocycles. The molecule has 0 radical (unpaired) electrons. The molecule has 0 saturated carbocycles. The Morgan fingerprint density at radius 3 is 1.90 bits per heavy atom. The van der Waals surface area contributed by atoms with Crippen LogP contribution in [0, 0.1) is 0 Å². The number of hydrogen-bond acceptors (Lipinski definition) is 3. The molecule has 3 rings (SSSR count). The molecule has 0 spiro atoms. The fourth-order valence-electron chi connectivity index (χ4n) is 3.42. The quantitative estimate of drug-likeness (QED) is 0.495. The van der Waals surface area contributed by atoms with Crippen LogP contribution in [0.4, 0.5) is 0 Å². The van der Waals surface area contributed by atoms with Gasteiger partial charge in [0.25, 0.3) is 0 Å². The molecular formula is C26H33O3P. The Balaban J connectivity index is 1.99. The second kappa shape index (κ2) is 8.15. The summed E-state index contributed by atoms with van der Waals surface area (Å²) in [6.07, 6.45) is 0. The molecule has 2 N–H and O–H groups in total. The molecule has 0 amide bonds. The van der Waals surface area contributed by atoms with Crippen LogP contribution in [0.5, 0.6) is 5.75 Å². The van der Waals surface area contributed by atoms with E-state index in [4.69, 9.17) is 4.52 Å². The van der Waals surface area contributed by atoms with Gasteiger partial charge in [-0.25, -0.2) is 0 Å².